The second kappa shape index (κ2) is 7.77. The number of dihydropyridines is 1. The van der Waals surface area contributed by atoms with Crippen molar-refractivity contribution in [3.63, 3.8) is 0 Å². The molecule has 5 rings (SSSR count). The van der Waals surface area contributed by atoms with E-state index in [1.807, 2.05) is 0 Å². The van der Waals surface area contributed by atoms with Crippen molar-refractivity contribution in [3.05, 3.63) is 94.7 Å². The van der Waals surface area contributed by atoms with Gasteiger partial charge in [-0.2, -0.15) is 13.2 Å². The van der Waals surface area contributed by atoms with Crippen molar-refractivity contribution in [1.82, 2.24) is 15.5 Å². The number of alkyl halides is 3. The molecule has 1 amide bonds. The average Bonchev–Trinajstić information content (AvgIpc) is 2.79. The zero-order chi connectivity index (χ0) is 23.3. The zero-order valence-electron chi connectivity index (χ0n) is 17.5. The molecule has 3 heterocycles. The molecule has 2 bridgehead atoms. The van der Waals surface area contributed by atoms with Crippen LogP contribution in [0.2, 0.25) is 0 Å². The first kappa shape index (κ1) is 21.3. The minimum absolute atomic E-state index is 0.0627. The monoisotopic (exact) mass is 456 g/mol. The number of carbonyl (C=O) groups excluding carboxylic acids is 1. The van der Waals surface area contributed by atoms with E-state index >= 15 is 0 Å². The van der Waals surface area contributed by atoms with E-state index < -0.39 is 23.5 Å². The van der Waals surface area contributed by atoms with Crippen molar-refractivity contribution >= 4 is 17.3 Å². The third-order valence-corrected chi connectivity index (χ3v) is 5.93. The molecule has 2 aromatic carbocycles. The fourth-order valence-corrected chi connectivity index (χ4v) is 4.36. The van der Waals surface area contributed by atoms with Crippen LogP contribution in [0.1, 0.15) is 21.5 Å². The van der Waals surface area contributed by atoms with Crippen molar-refractivity contribution in [2.24, 2.45) is 0 Å². The number of amides is 1. The first-order valence-corrected chi connectivity index (χ1v) is 10.4. The molecule has 0 unspecified atom stereocenters. The highest BCUT2D eigenvalue weighted by Gasteiger charge is 2.38. The van der Waals surface area contributed by atoms with Gasteiger partial charge >= 0.3 is 6.18 Å². The Balaban J connectivity index is 1.74. The molecule has 0 fully saturated rings. The van der Waals surface area contributed by atoms with Crippen LogP contribution in [-0.4, -0.2) is 30.6 Å². The Labute approximate surface area is 187 Å². The largest absolute Gasteiger partial charge is 0.416 e. The Morgan fingerprint density at radius 2 is 1.79 bits per heavy atom. The summed E-state index contributed by atoms with van der Waals surface area (Å²) < 4.78 is 54.5. The molecule has 0 radical (unpaired) electrons. The summed E-state index contributed by atoms with van der Waals surface area (Å²) in [6, 6.07) is 7.50. The summed E-state index contributed by atoms with van der Waals surface area (Å²) in [5.74, 6) is -0.943. The van der Waals surface area contributed by atoms with E-state index in [9.17, 15) is 22.4 Å². The van der Waals surface area contributed by atoms with Crippen molar-refractivity contribution in [2.45, 2.75) is 12.6 Å². The summed E-state index contributed by atoms with van der Waals surface area (Å²) in [4.78, 5) is 16.7. The Kier molecular flexibility index (Phi) is 5.01. The van der Waals surface area contributed by atoms with E-state index in [-0.39, 0.29) is 12.2 Å². The lowest BCUT2D eigenvalue weighted by Crippen LogP contribution is -2.46. The Hall–Kier alpha value is -3.59. The summed E-state index contributed by atoms with van der Waals surface area (Å²) in [7, 11) is 0. The third kappa shape index (κ3) is 3.78. The number of anilines is 2. The van der Waals surface area contributed by atoms with E-state index in [0.29, 0.717) is 53.5 Å². The molecule has 5 nitrogen and oxygen atoms in total. The van der Waals surface area contributed by atoms with Gasteiger partial charge < -0.3 is 15.5 Å². The van der Waals surface area contributed by atoms with Crippen LogP contribution in [0.5, 0.6) is 0 Å². The van der Waals surface area contributed by atoms with Gasteiger partial charge in [0.25, 0.3) is 5.91 Å². The number of rotatable bonds is 0. The number of hydrogen-bond donors (Lipinski definition) is 2. The number of allylic oxidation sites excluding steroid dienone is 2. The summed E-state index contributed by atoms with van der Waals surface area (Å²) in [5.41, 5.74) is 2.57. The summed E-state index contributed by atoms with van der Waals surface area (Å²) in [5, 5.41) is 6.44. The van der Waals surface area contributed by atoms with Crippen molar-refractivity contribution in [1.29, 1.82) is 0 Å². The normalized spacial score (nSPS) is 18.3. The molecule has 3 aliphatic heterocycles. The lowest BCUT2D eigenvalue weighted by Gasteiger charge is -2.40. The van der Waals surface area contributed by atoms with Crippen molar-refractivity contribution < 1.29 is 22.4 Å². The van der Waals surface area contributed by atoms with Gasteiger partial charge in [-0.1, -0.05) is 6.58 Å². The predicted octanol–water partition coefficient (Wildman–Crippen LogP) is 4.43. The third-order valence-electron chi connectivity index (χ3n) is 5.93. The molecule has 9 heteroatoms. The predicted molar refractivity (Wildman–Crippen MR) is 116 cm³/mol. The van der Waals surface area contributed by atoms with Crippen LogP contribution in [0.4, 0.5) is 28.9 Å². The minimum Gasteiger partial charge on any atom is -0.357 e. The van der Waals surface area contributed by atoms with E-state index in [1.165, 1.54) is 23.1 Å². The molecule has 0 aromatic heterocycles. The fourth-order valence-electron chi connectivity index (χ4n) is 4.36. The van der Waals surface area contributed by atoms with Gasteiger partial charge in [-0.25, -0.2) is 4.39 Å². The minimum atomic E-state index is -4.59. The van der Waals surface area contributed by atoms with Crippen LogP contribution < -0.4 is 15.5 Å². The van der Waals surface area contributed by atoms with Crippen LogP contribution in [0.3, 0.4) is 0 Å². The number of fused-ring (bicyclic) bond motifs is 7. The lowest BCUT2D eigenvalue weighted by molar-refractivity contribution is -0.137. The summed E-state index contributed by atoms with van der Waals surface area (Å²) >= 11 is 0. The Morgan fingerprint density at radius 1 is 1.00 bits per heavy atom. The molecule has 0 saturated heterocycles. The highest BCUT2D eigenvalue weighted by molar-refractivity contribution is 6.04. The molecule has 2 N–H and O–H groups in total. The molecular formula is C24H20F4N4O. The molecule has 0 aliphatic carbocycles. The average molecular weight is 456 g/mol. The van der Waals surface area contributed by atoms with Crippen LogP contribution in [0, 0.1) is 5.82 Å². The second-order valence-electron chi connectivity index (χ2n) is 8.08. The number of hydrogen-bond acceptors (Lipinski definition) is 4. The summed E-state index contributed by atoms with van der Waals surface area (Å²) in [6.45, 7) is 4.87. The quantitative estimate of drug-likeness (QED) is 0.576. The van der Waals surface area contributed by atoms with Crippen LogP contribution in [-0.2, 0) is 12.6 Å². The Bertz CT molecular complexity index is 1230. The standard InChI is InChI=1S/C24H20F4N4O/c1-14-2-5-22-19(30-14)12-29-9-8-15-10-17(25)4-7-20(15)31-13-32(22)23(33)18-11-16(24(26,27)28)3-6-21(18)31/h2-7,10-11,29-30H,1,8-9,12-13H2. The second-order valence-corrected chi connectivity index (χ2v) is 8.08. The molecule has 170 valence electrons. The molecule has 2 aromatic rings. The number of nitrogens with zero attached hydrogens (tertiary/aromatic N) is 2. The summed E-state index contributed by atoms with van der Waals surface area (Å²) in [6.07, 6.45) is -0.660. The molecule has 33 heavy (non-hydrogen) atoms. The molecule has 0 saturated carbocycles. The van der Waals surface area contributed by atoms with Crippen LogP contribution >= 0.6 is 0 Å². The van der Waals surface area contributed by atoms with Gasteiger partial charge in [-0.3, -0.25) is 9.69 Å². The van der Waals surface area contributed by atoms with Crippen LogP contribution in [0.15, 0.2) is 72.2 Å². The van der Waals surface area contributed by atoms with Gasteiger partial charge in [0, 0.05) is 17.9 Å². The number of halogens is 4. The zero-order valence-corrected chi connectivity index (χ0v) is 17.5. The molecule has 3 aliphatic rings. The van der Waals surface area contributed by atoms with Gasteiger partial charge in [0.05, 0.1) is 28.2 Å². The number of carbonyl (C=O) groups is 1. The highest BCUT2D eigenvalue weighted by atomic mass is 19.4. The van der Waals surface area contributed by atoms with E-state index in [0.717, 1.165) is 12.1 Å². The maximum Gasteiger partial charge on any atom is 0.416 e. The molecule has 0 spiro atoms. The smallest absolute Gasteiger partial charge is 0.357 e. The first-order chi connectivity index (χ1) is 15.7. The van der Waals surface area contributed by atoms with Crippen molar-refractivity contribution in [2.75, 3.05) is 24.7 Å². The first-order valence-electron chi connectivity index (χ1n) is 10.4. The van der Waals surface area contributed by atoms with Gasteiger partial charge in [0.2, 0.25) is 0 Å². The van der Waals surface area contributed by atoms with E-state index in [4.69, 9.17) is 0 Å². The maximum atomic E-state index is 14.1. The van der Waals surface area contributed by atoms with Gasteiger partial charge in [-0.05, 0) is 67.1 Å². The van der Waals surface area contributed by atoms with Gasteiger partial charge in [-0.15, -0.1) is 0 Å². The van der Waals surface area contributed by atoms with Crippen LogP contribution in [0.25, 0.3) is 0 Å². The molecular weight excluding hydrogens is 436 g/mol. The van der Waals surface area contributed by atoms with Gasteiger partial charge in [0.1, 0.15) is 12.5 Å². The SMILES string of the molecule is C=C1C=CC2=C(CNCCc3cc(F)ccc3N3CN2C(=O)c2cc(C(F)(F)F)ccc23)N1. The van der Waals surface area contributed by atoms with Gasteiger partial charge in [0.15, 0.2) is 0 Å². The number of benzene rings is 2. The topological polar surface area (TPSA) is 47.6 Å². The van der Waals surface area contributed by atoms with Crippen molar-refractivity contribution in [3.8, 4) is 0 Å². The number of nitrogens with one attached hydrogen (secondary N) is 2. The maximum absolute atomic E-state index is 14.1. The lowest BCUT2D eigenvalue weighted by atomic mass is 10.0. The Morgan fingerprint density at radius 3 is 2.58 bits per heavy atom. The molecule has 0 atom stereocenters. The van der Waals surface area contributed by atoms with E-state index in [2.05, 4.69) is 17.2 Å². The van der Waals surface area contributed by atoms with E-state index in [1.54, 1.807) is 23.1 Å². The highest BCUT2D eigenvalue weighted by Crippen LogP contribution is 2.41. The fraction of sp³-hybridized carbons (Fsp3) is 0.208.